The van der Waals surface area contributed by atoms with Gasteiger partial charge in [-0.25, -0.2) is 0 Å². The Balaban J connectivity index is 2.33. The Bertz CT molecular complexity index is 876. The second-order valence-electron chi connectivity index (χ2n) is 6.86. The number of amides is 2. The van der Waals surface area contributed by atoms with Crippen molar-refractivity contribution in [3.8, 4) is 0 Å². The Labute approximate surface area is 162 Å². The lowest BCUT2D eigenvalue weighted by atomic mass is 9.97. The third kappa shape index (κ3) is 4.91. The molecule has 2 aromatic carbocycles. The topological polar surface area (TPSA) is 49.4 Å². The third-order valence-electron chi connectivity index (χ3n) is 4.35. The molecular formula is C21H23F3N2O2. The summed E-state index contributed by atoms with van der Waals surface area (Å²) >= 11 is 0. The second-order valence-corrected chi connectivity index (χ2v) is 6.86. The second kappa shape index (κ2) is 8.46. The zero-order valence-electron chi connectivity index (χ0n) is 16.2. The smallest absolute Gasteiger partial charge is 0.324 e. The number of aryl methyl sites for hydroxylation is 1. The summed E-state index contributed by atoms with van der Waals surface area (Å²) in [5.41, 5.74) is 1.04. The highest BCUT2D eigenvalue weighted by molar-refractivity contribution is 6.03. The summed E-state index contributed by atoms with van der Waals surface area (Å²) in [5.74, 6) is -0.967. The van der Waals surface area contributed by atoms with Crippen LogP contribution in [0, 0.1) is 6.92 Å². The molecule has 0 aromatic heterocycles. The van der Waals surface area contributed by atoms with E-state index in [1.807, 2.05) is 39.0 Å². The lowest BCUT2D eigenvalue weighted by molar-refractivity contribution is -0.137. The molecule has 0 saturated carbocycles. The van der Waals surface area contributed by atoms with E-state index < -0.39 is 17.6 Å². The summed E-state index contributed by atoms with van der Waals surface area (Å²) < 4.78 is 39.4. The van der Waals surface area contributed by atoms with Gasteiger partial charge in [0.1, 0.15) is 6.54 Å². The summed E-state index contributed by atoms with van der Waals surface area (Å²) in [5, 5.41) is 2.29. The number of benzene rings is 2. The van der Waals surface area contributed by atoms with Crippen LogP contribution in [0.2, 0.25) is 0 Å². The normalized spacial score (nSPS) is 11.4. The Hall–Kier alpha value is -2.83. The van der Waals surface area contributed by atoms with Gasteiger partial charge in [0.2, 0.25) is 11.8 Å². The highest BCUT2D eigenvalue weighted by atomic mass is 19.4. The molecule has 28 heavy (non-hydrogen) atoms. The molecular weight excluding hydrogens is 369 g/mol. The number of nitrogens with one attached hydrogen (secondary N) is 1. The van der Waals surface area contributed by atoms with Gasteiger partial charge in [-0.15, -0.1) is 0 Å². The largest absolute Gasteiger partial charge is 0.418 e. The van der Waals surface area contributed by atoms with Crippen molar-refractivity contribution in [1.82, 2.24) is 0 Å². The number of rotatable bonds is 5. The van der Waals surface area contributed by atoms with Gasteiger partial charge in [0.15, 0.2) is 0 Å². The lowest BCUT2D eigenvalue weighted by Gasteiger charge is -2.27. The van der Waals surface area contributed by atoms with Crippen LogP contribution >= 0.6 is 0 Å². The minimum absolute atomic E-state index is 0.103. The van der Waals surface area contributed by atoms with Gasteiger partial charge < -0.3 is 10.2 Å². The third-order valence-corrected chi connectivity index (χ3v) is 4.35. The van der Waals surface area contributed by atoms with Crippen LogP contribution in [0.1, 0.15) is 43.4 Å². The highest BCUT2D eigenvalue weighted by Gasteiger charge is 2.33. The van der Waals surface area contributed by atoms with Gasteiger partial charge in [0, 0.05) is 6.92 Å². The molecule has 2 rings (SSSR count). The van der Waals surface area contributed by atoms with Crippen molar-refractivity contribution in [2.45, 2.75) is 39.8 Å². The van der Waals surface area contributed by atoms with Crippen LogP contribution in [0.25, 0.3) is 0 Å². The molecule has 0 saturated heterocycles. The average molecular weight is 392 g/mol. The van der Waals surface area contributed by atoms with Crippen LogP contribution in [0.15, 0.2) is 42.5 Å². The molecule has 0 atom stereocenters. The van der Waals surface area contributed by atoms with E-state index in [0.29, 0.717) is 5.69 Å². The van der Waals surface area contributed by atoms with E-state index in [9.17, 15) is 22.8 Å². The van der Waals surface area contributed by atoms with Crippen LogP contribution in [-0.4, -0.2) is 18.4 Å². The molecule has 0 bridgehead atoms. The maximum absolute atomic E-state index is 13.1. The van der Waals surface area contributed by atoms with Gasteiger partial charge in [-0.3, -0.25) is 9.59 Å². The molecule has 2 amide bonds. The molecule has 150 valence electrons. The van der Waals surface area contributed by atoms with Gasteiger partial charge in [-0.1, -0.05) is 44.2 Å². The summed E-state index contributed by atoms with van der Waals surface area (Å²) in [6.45, 7) is 6.71. The minimum Gasteiger partial charge on any atom is -0.324 e. The molecule has 0 aliphatic heterocycles. The first-order valence-corrected chi connectivity index (χ1v) is 8.86. The van der Waals surface area contributed by atoms with Crippen molar-refractivity contribution < 1.29 is 22.8 Å². The molecule has 0 aliphatic carbocycles. The number of carbonyl (C=O) groups is 2. The highest BCUT2D eigenvalue weighted by Crippen LogP contribution is 2.35. The van der Waals surface area contributed by atoms with Crippen molar-refractivity contribution in [1.29, 1.82) is 0 Å². The zero-order chi connectivity index (χ0) is 21.1. The van der Waals surface area contributed by atoms with E-state index in [-0.39, 0.29) is 24.1 Å². The summed E-state index contributed by atoms with van der Waals surface area (Å²) in [6, 6.07) is 10.3. The lowest BCUT2D eigenvalue weighted by Crippen LogP contribution is -2.38. The van der Waals surface area contributed by atoms with E-state index in [0.717, 1.165) is 17.2 Å². The van der Waals surface area contributed by atoms with Gasteiger partial charge >= 0.3 is 6.18 Å². The molecule has 1 N–H and O–H groups in total. The Morgan fingerprint density at radius 1 is 1.07 bits per heavy atom. The van der Waals surface area contributed by atoms with E-state index >= 15 is 0 Å². The van der Waals surface area contributed by atoms with Crippen LogP contribution in [0.5, 0.6) is 0 Å². The first kappa shape index (κ1) is 21.5. The van der Waals surface area contributed by atoms with Crippen molar-refractivity contribution in [2.24, 2.45) is 0 Å². The fraction of sp³-hybridized carbons (Fsp3) is 0.333. The predicted molar refractivity (Wildman–Crippen MR) is 103 cm³/mol. The van der Waals surface area contributed by atoms with Crippen LogP contribution in [0.3, 0.4) is 0 Å². The SMILES string of the molecule is CC(=O)N(CC(=O)Nc1ccccc1C(F)(F)F)c1c(C)cccc1C(C)C. The van der Waals surface area contributed by atoms with Gasteiger partial charge in [0.25, 0.3) is 0 Å². The first-order chi connectivity index (χ1) is 13.0. The molecule has 0 heterocycles. The standard InChI is InChI=1S/C21H23F3N2O2/c1-13(2)16-9-7-8-14(3)20(16)26(15(4)27)12-19(28)25-18-11-6-5-10-17(18)21(22,23)24/h5-11,13H,12H2,1-4H3,(H,25,28). The van der Waals surface area contributed by atoms with Crippen molar-refractivity contribution in [3.05, 3.63) is 59.2 Å². The number of para-hydroxylation sites is 2. The number of hydrogen-bond acceptors (Lipinski definition) is 2. The van der Waals surface area contributed by atoms with E-state index in [1.165, 1.54) is 30.0 Å². The van der Waals surface area contributed by atoms with E-state index in [2.05, 4.69) is 5.32 Å². The van der Waals surface area contributed by atoms with Gasteiger partial charge in [-0.05, 0) is 36.1 Å². The number of nitrogens with zero attached hydrogens (tertiary/aromatic N) is 1. The summed E-state index contributed by atoms with van der Waals surface area (Å²) in [7, 11) is 0. The summed E-state index contributed by atoms with van der Waals surface area (Å²) in [6.07, 6.45) is -4.59. The molecule has 0 fully saturated rings. The van der Waals surface area contributed by atoms with Crippen LogP contribution in [0.4, 0.5) is 24.5 Å². The minimum atomic E-state index is -4.59. The Morgan fingerprint density at radius 3 is 2.29 bits per heavy atom. The molecule has 2 aromatic rings. The molecule has 0 aliphatic rings. The predicted octanol–water partition coefficient (Wildman–Crippen LogP) is 5.13. The fourth-order valence-corrected chi connectivity index (χ4v) is 3.04. The number of alkyl halides is 3. The molecule has 7 heteroatoms. The monoisotopic (exact) mass is 392 g/mol. The van der Waals surface area contributed by atoms with Crippen molar-refractivity contribution in [3.63, 3.8) is 0 Å². The summed E-state index contributed by atoms with van der Waals surface area (Å²) in [4.78, 5) is 26.1. The first-order valence-electron chi connectivity index (χ1n) is 8.86. The van der Waals surface area contributed by atoms with E-state index in [4.69, 9.17) is 0 Å². The van der Waals surface area contributed by atoms with E-state index in [1.54, 1.807) is 0 Å². The number of hydrogen-bond donors (Lipinski definition) is 1. The van der Waals surface area contributed by atoms with Crippen molar-refractivity contribution in [2.75, 3.05) is 16.8 Å². The number of anilines is 2. The average Bonchev–Trinajstić information content (AvgIpc) is 2.59. The molecule has 0 spiro atoms. The number of halogens is 3. The van der Waals surface area contributed by atoms with Crippen LogP contribution in [-0.2, 0) is 15.8 Å². The van der Waals surface area contributed by atoms with Crippen LogP contribution < -0.4 is 10.2 Å². The zero-order valence-corrected chi connectivity index (χ0v) is 16.2. The maximum Gasteiger partial charge on any atom is 0.418 e. The Morgan fingerprint density at radius 2 is 1.71 bits per heavy atom. The molecule has 0 radical (unpaired) electrons. The number of carbonyl (C=O) groups excluding carboxylic acids is 2. The molecule has 0 unspecified atom stereocenters. The quantitative estimate of drug-likeness (QED) is 0.767. The van der Waals surface area contributed by atoms with Gasteiger partial charge in [-0.2, -0.15) is 13.2 Å². The Kier molecular flexibility index (Phi) is 6.48. The van der Waals surface area contributed by atoms with Crippen molar-refractivity contribution >= 4 is 23.2 Å². The molecule has 4 nitrogen and oxygen atoms in total. The van der Waals surface area contributed by atoms with Gasteiger partial charge in [0.05, 0.1) is 16.9 Å². The fourth-order valence-electron chi connectivity index (χ4n) is 3.04. The maximum atomic E-state index is 13.1.